The highest BCUT2D eigenvalue weighted by molar-refractivity contribution is 6.25. The Bertz CT molecular complexity index is 1100. The molecule has 158 valence electrons. The summed E-state index contributed by atoms with van der Waals surface area (Å²) in [6.07, 6.45) is 5.30. The van der Waals surface area contributed by atoms with E-state index < -0.39 is 0 Å². The number of hydrogen-bond donors (Lipinski definition) is 1. The van der Waals surface area contributed by atoms with Crippen molar-refractivity contribution in [3.05, 3.63) is 63.7 Å². The first-order chi connectivity index (χ1) is 14.6. The minimum Gasteiger partial charge on any atom is -0.341 e. The van der Waals surface area contributed by atoms with Gasteiger partial charge in [0.1, 0.15) is 5.82 Å². The van der Waals surface area contributed by atoms with E-state index in [-0.39, 0.29) is 11.6 Å². The zero-order chi connectivity index (χ0) is 21.1. The molecule has 0 spiro atoms. The van der Waals surface area contributed by atoms with Crippen LogP contribution in [0.25, 0.3) is 11.2 Å². The Morgan fingerprint density at radius 2 is 2.03 bits per heavy atom. The van der Waals surface area contributed by atoms with Gasteiger partial charge in [-0.25, -0.2) is 4.98 Å². The largest absolute Gasteiger partial charge is 0.341 e. The van der Waals surface area contributed by atoms with Gasteiger partial charge in [-0.1, -0.05) is 48.0 Å². The van der Waals surface area contributed by atoms with Crippen molar-refractivity contribution in [1.29, 1.82) is 0 Å². The molecule has 3 aromatic rings. The molecule has 0 aliphatic carbocycles. The number of allylic oxidation sites excluding steroid dienone is 1. The van der Waals surface area contributed by atoms with Crippen LogP contribution >= 0.6 is 11.6 Å². The SMILES string of the molecule is Cn1c(CCc2ccccc2)nc2nc(N3CCCC(N)C3)n(CC=CCl)c2c1=O. The van der Waals surface area contributed by atoms with Gasteiger partial charge in [0.15, 0.2) is 11.2 Å². The number of halogens is 1. The van der Waals surface area contributed by atoms with Crippen molar-refractivity contribution >= 4 is 28.7 Å². The van der Waals surface area contributed by atoms with Gasteiger partial charge in [-0.05, 0) is 24.8 Å². The van der Waals surface area contributed by atoms with Gasteiger partial charge in [-0.15, -0.1) is 0 Å². The van der Waals surface area contributed by atoms with Gasteiger partial charge in [0, 0.05) is 44.7 Å². The molecule has 1 unspecified atom stereocenters. The van der Waals surface area contributed by atoms with E-state index in [9.17, 15) is 4.79 Å². The maximum absolute atomic E-state index is 13.3. The van der Waals surface area contributed by atoms with Crippen molar-refractivity contribution in [2.45, 2.75) is 38.3 Å². The second-order valence-corrected chi connectivity index (χ2v) is 8.03. The summed E-state index contributed by atoms with van der Waals surface area (Å²) in [5.41, 5.74) is 9.76. The van der Waals surface area contributed by atoms with Gasteiger partial charge >= 0.3 is 0 Å². The van der Waals surface area contributed by atoms with Gasteiger partial charge in [0.05, 0.1) is 0 Å². The molecule has 3 heterocycles. The molecule has 1 saturated heterocycles. The number of aryl methyl sites for hydroxylation is 2. The second kappa shape index (κ2) is 9.02. The fourth-order valence-corrected chi connectivity index (χ4v) is 4.15. The number of hydrogen-bond acceptors (Lipinski definition) is 5. The van der Waals surface area contributed by atoms with Gasteiger partial charge in [-0.3, -0.25) is 9.36 Å². The van der Waals surface area contributed by atoms with E-state index in [2.05, 4.69) is 17.0 Å². The molecule has 1 aliphatic rings. The summed E-state index contributed by atoms with van der Waals surface area (Å²) in [7, 11) is 1.78. The Hall–Kier alpha value is -2.64. The smallest absolute Gasteiger partial charge is 0.279 e. The zero-order valence-corrected chi connectivity index (χ0v) is 17.9. The summed E-state index contributed by atoms with van der Waals surface area (Å²) < 4.78 is 3.54. The monoisotopic (exact) mass is 426 g/mol. The molecule has 0 saturated carbocycles. The lowest BCUT2D eigenvalue weighted by Crippen LogP contribution is -2.44. The first kappa shape index (κ1) is 20.6. The number of anilines is 1. The third-order valence-electron chi connectivity index (χ3n) is 5.66. The minimum atomic E-state index is -0.0916. The lowest BCUT2D eigenvalue weighted by molar-refractivity contribution is 0.495. The van der Waals surface area contributed by atoms with Crippen molar-refractivity contribution < 1.29 is 0 Å². The Morgan fingerprint density at radius 3 is 2.77 bits per heavy atom. The van der Waals surface area contributed by atoms with Crippen LogP contribution in [0.2, 0.25) is 0 Å². The Kier molecular flexibility index (Phi) is 6.20. The average molecular weight is 427 g/mol. The molecular formula is C22H27ClN6O. The number of fused-ring (bicyclic) bond motifs is 1. The van der Waals surface area contributed by atoms with E-state index in [1.807, 2.05) is 22.8 Å². The van der Waals surface area contributed by atoms with E-state index >= 15 is 0 Å². The summed E-state index contributed by atoms with van der Waals surface area (Å²) in [6.45, 7) is 2.04. The molecule has 30 heavy (non-hydrogen) atoms. The van der Waals surface area contributed by atoms with Crippen molar-refractivity contribution in [2.24, 2.45) is 12.8 Å². The van der Waals surface area contributed by atoms with E-state index in [0.29, 0.717) is 24.1 Å². The van der Waals surface area contributed by atoms with Crippen LogP contribution in [0.1, 0.15) is 24.2 Å². The molecule has 7 nitrogen and oxygen atoms in total. The van der Waals surface area contributed by atoms with Crippen LogP contribution in [-0.2, 0) is 26.4 Å². The highest BCUT2D eigenvalue weighted by atomic mass is 35.5. The normalized spacial score (nSPS) is 17.3. The van der Waals surface area contributed by atoms with Gasteiger partial charge in [-0.2, -0.15) is 4.98 Å². The number of rotatable bonds is 6. The molecule has 2 aromatic heterocycles. The predicted molar refractivity (Wildman–Crippen MR) is 121 cm³/mol. The summed E-state index contributed by atoms with van der Waals surface area (Å²) in [6, 6.07) is 10.3. The molecule has 8 heteroatoms. The maximum Gasteiger partial charge on any atom is 0.279 e. The standard InChI is InChI=1S/C22H27ClN6O/c1-27-18(11-10-16-7-3-2-4-8-16)25-20-19(21(27)30)29(14-6-12-23)22(26-20)28-13-5-9-17(24)15-28/h2-4,6-8,12,17H,5,9-11,13-15,24H2,1H3. The third kappa shape index (κ3) is 4.13. The van der Waals surface area contributed by atoms with Gasteiger partial charge in [0.2, 0.25) is 5.95 Å². The second-order valence-electron chi connectivity index (χ2n) is 7.78. The number of nitrogens with zero attached hydrogens (tertiary/aromatic N) is 5. The maximum atomic E-state index is 13.3. The third-order valence-corrected chi connectivity index (χ3v) is 5.83. The number of piperidine rings is 1. The molecule has 0 amide bonds. The molecule has 1 atom stereocenters. The van der Waals surface area contributed by atoms with Crippen molar-refractivity contribution in [2.75, 3.05) is 18.0 Å². The number of imidazole rings is 1. The summed E-state index contributed by atoms with van der Waals surface area (Å²) >= 11 is 5.78. The van der Waals surface area contributed by atoms with Crippen LogP contribution < -0.4 is 16.2 Å². The van der Waals surface area contributed by atoms with Gasteiger partial charge in [0.25, 0.3) is 5.56 Å². The lowest BCUT2D eigenvalue weighted by Gasteiger charge is -2.31. The predicted octanol–water partition coefficient (Wildman–Crippen LogP) is 2.60. The quantitative estimate of drug-likeness (QED) is 0.655. The fraction of sp³-hybridized carbons (Fsp3) is 0.409. The van der Waals surface area contributed by atoms with Crippen molar-refractivity contribution in [1.82, 2.24) is 19.1 Å². The molecule has 4 rings (SSSR count). The highest BCUT2D eigenvalue weighted by Crippen LogP contribution is 2.23. The van der Waals surface area contributed by atoms with E-state index in [4.69, 9.17) is 27.3 Å². The summed E-state index contributed by atoms with van der Waals surface area (Å²) in [5, 5.41) is 0. The molecule has 0 bridgehead atoms. The first-order valence-corrected chi connectivity index (χ1v) is 10.8. The van der Waals surface area contributed by atoms with E-state index in [0.717, 1.165) is 44.1 Å². The average Bonchev–Trinajstić information content (AvgIpc) is 3.13. The number of benzene rings is 1. The molecule has 0 radical (unpaired) electrons. The van der Waals surface area contributed by atoms with Crippen LogP contribution in [0, 0.1) is 0 Å². The summed E-state index contributed by atoms with van der Waals surface area (Å²) in [4.78, 5) is 25.0. The van der Waals surface area contributed by atoms with Crippen LogP contribution in [-0.4, -0.2) is 38.2 Å². The van der Waals surface area contributed by atoms with Crippen LogP contribution in [0.15, 0.2) is 46.7 Å². The zero-order valence-electron chi connectivity index (χ0n) is 17.2. The molecule has 1 aromatic carbocycles. The van der Waals surface area contributed by atoms with Crippen LogP contribution in [0.3, 0.4) is 0 Å². The van der Waals surface area contributed by atoms with E-state index in [1.54, 1.807) is 17.7 Å². The minimum absolute atomic E-state index is 0.0916. The Labute approximate surface area is 180 Å². The van der Waals surface area contributed by atoms with E-state index in [1.165, 1.54) is 11.1 Å². The molecule has 2 N–H and O–H groups in total. The molecule has 1 fully saturated rings. The number of aromatic nitrogens is 4. The van der Waals surface area contributed by atoms with Crippen LogP contribution in [0.4, 0.5) is 5.95 Å². The fourth-order valence-electron chi connectivity index (χ4n) is 4.07. The Morgan fingerprint density at radius 1 is 1.23 bits per heavy atom. The Balaban J connectivity index is 1.75. The number of nitrogens with two attached hydrogens (primary N) is 1. The highest BCUT2D eigenvalue weighted by Gasteiger charge is 2.25. The summed E-state index contributed by atoms with van der Waals surface area (Å²) in [5.74, 6) is 1.47. The molecular weight excluding hydrogens is 400 g/mol. The lowest BCUT2D eigenvalue weighted by atomic mass is 10.1. The topological polar surface area (TPSA) is 82.0 Å². The molecule has 1 aliphatic heterocycles. The first-order valence-electron chi connectivity index (χ1n) is 10.3. The van der Waals surface area contributed by atoms with Crippen molar-refractivity contribution in [3.63, 3.8) is 0 Å². The van der Waals surface area contributed by atoms with Crippen molar-refractivity contribution in [3.8, 4) is 0 Å². The van der Waals surface area contributed by atoms with Gasteiger partial charge < -0.3 is 15.2 Å². The van der Waals surface area contributed by atoms with Crippen LogP contribution in [0.5, 0.6) is 0 Å².